The Bertz CT molecular complexity index is 584. The quantitative estimate of drug-likeness (QED) is 0.722. The molecule has 0 radical (unpaired) electrons. The number of hydrogen-bond acceptors (Lipinski definition) is 4. The van der Waals surface area contributed by atoms with Gasteiger partial charge in [0.1, 0.15) is 6.04 Å². The maximum atomic E-state index is 11.5. The Balaban J connectivity index is 2.48. The number of para-hydroxylation sites is 2. The maximum Gasteiger partial charge on any atom is 0.420 e. The van der Waals surface area contributed by atoms with Crippen LogP contribution in [0.1, 0.15) is 0 Å². The summed E-state index contributed by atoms with van der Waals surface area (Å²) < 4.78 is 6.28. The number of aromatic nitrogens is 1. The molecule has 1 aromatic heterocycles. The summed E-state index contributed by atoms with van der Waals surface area (Å²) in [5.74, 6) is -1.20. The molecule has 1 amide bonds. The van der Waals surface area contributed by atoms with Crippen molar-refractivity contribution in [1.82, 2.24) is 4.57 Å². The minimum Gasteiger partial charge on any atom is -0.408 e. The summed E-state index contributed by atoms with van der Waals surface area (Å²) in [6.07, 6.45) is 0. The number of benzene rings is 1. The van der Waals surface area contributed by atoms with Gasteiger partial charge in [0.05, 0.1) is 12.1 Å². The van der Waals surface area contributed by atoms with E-state index in [9.17, 15) is 9.59 Å². The van der Waals surface area contributed by atoms with Crippen molar-refractivity contribution >= 4 is 17.0 Å². The predicted molar refractivity (Wildman–Crippen MR) is 57.6 cm³/mol. The average molecular weight is 221 g/mol. The Morgan fingerprint density at radius 1 is 1.44 bits per heavy atom. The third-order valence-corrected chi connectivity index (χ3v) is 2.32. The summed E-state index contributed by atoms with van der Waals surface area (Å²) in [5.41, 5.74) is 11.6. The summed E-state index contributed by atoms with van der Waals surface area (Å²) in [4.78, 5) is 22.3. The van der Waals surface area contributed by atoms with Crippen molar-refractivity contribution in [3.8, 4) is 0 Å². The second-order valence-corrected chi connectivity index (χ2v) is 3.46. The zero-order chi connectivity index (χ0) is 11.7. The fourth-order valence-electron chi connectivity index (χ4n) is 1.47. The number of nitrogens with two attached hydrogens (primary N) is 2. The molecule has 0 spiro atoms. The molecule has 0 saturated heterocycles. The third-order valence-electron chi connectivity index (χ3n) is 2.32. The SMILES string of the molecule is NC(=O)C(N)Cn1c(=O)oc2ccccc21. The lowest BCUT2D eigenvalue weighted by Crippen LogP contribution is -2.41. The lowest BCUT2D eigenvalue weighted by Gasteiger charge is -2.07. The first-order valence-electron chi connectivity index (χ1n) is 4.73. The molecule has 16 heavy (non-hydrogen) atoms. The summed E-state index contributed by atoms with van der Waals surface area (Å²) >= 11 is 0. The highest BCUT2D eigenvalue weighted by molar-refractivity contribution is 5.80. The fraction of sp³-hybridized carbons (Fsp3) is 0.200. The molecule has 6 nitrogen and oxygen atoms in total. The molecule has 0 aliphatic rings. The molecule has 1 atom stereocenters. The first-order chi connectivity index (χ1) is 7.59. The standard InChI is InChI=1S/C10H11N3O3/c11-6(9(12)14)5-13-7-3-1-2-4-8(7)16-10(13)15/h1-4,6H,5,11H2,(H2,12,14). The van der Waals surface area contributed by atoms with Gasteiger partial charge in [-0.25, -0.2) is 4.79 Å². The minimum absolute atomic E-state index is 0.0190. The molecule has 0 saturated carbocycles. The molecule has 1 heterocycles. The Kier molecular flexibility index (Phi) is 2.49. The largest absolute Gasteiger partial charge is 0.420 e. The zero-order valence-electron chi connectivity index (χ0n) is 8.42. The van der Waals surface area contributed by atoms with Crippen LogP contribution in [0.25, 0.3) is 11.1 Å². The van der Waals surface area contributed by atoms with Crippen LogP contribution in [-0.2, 0) is 11.3 Å². The number of amides is 1. The molecular formula is C10H11N3O3. The zero-order valence-corrected chi connectivity index (χ0v) is 8.42. The first-order valence-corrected chi connectivity index (χ1v) is 4.73. The molecule has 0 fully saturated rings. The highest BCUT2D eigenvalue weighted by Crippen LogP contribution is 2.11. The van der Waals surface area contributed by atoms with E-state index in [0.717, 1.165) is 0 Å². The van der Waals surface area contributed by atoms with Gasteiger partial charge in [-0.1, -0.05) is 12.1 Å². The van der Waals surface area contributed by atoms with Crippen LogP contribution in [0.4, 0.5) is 0 Å². The molecule has 0 aliphatic carbocycles. The molecule has 2 rings (SSSR count). The van der Waals surface area contributed by atoms with E-state index in [-0.39, 0.29) is 6.54 Å². The smallest absolute Gasteiger partial charge is 0.408 e. The van der Waals surface area contributed by atoms with Gasteiger partial charge in [-0.15, -0.1) is 0 Å². The highest BCUT2D eigenvalue weighted by Gasteiger charge is 2.15. The van der Waals surface area contributed by atoms with Crippen molar-refractivity contribution in [2.24, 2.45) is 11.5 Å². The van der Waals surface area contributed by atoms with Gasteiger partial charge in [0, 0.05) is 0 Å². The van der Waals surface area contributed by atoms with Crippen LogP contribution in [0.2, 0.25) is 0 Å². The number of primary amides is 1. The van der Waals surface area contributed by atoms with Crippen LogP contribution >= 0.6 is 0 Å². The normalized spacial score (nSPS) is 12.8. The lowest BCUT2D eigenvalue weighted by molar-refractivity contribution is -0.119. The van der Waals surface area contributed by atoms with E-state index in [1.54, 1.807) is 24.3 Å². The van der Waals surface area contributed by atoms with Crippen LogP contribution in [0, 0.1) is 0 Å². The number of nitrogens with zero attached hydrogens (tertiary/aromatic N) is 1. The molecule has 84 valence electrons. The van der Waals surface area contributed by atoms with Crippen molar-refractivity contribution in [1.29, 1.82) is 0 Å². The summed E-state index contributed by atoms with van der Waals surface area (Å²) in [6, 6.07) is 6.00. The lowest BCUT2D eigenvalue weighted by atomic mass is 10.3. The molecule has 0 bridgehead atoms. The van der Waals surface area contributed by atoms with Crippen LogP contribution < -0.4 is 17.2 Å². The summed E-state index contributed by atoms with van der Waals surface area (Å²) in [6.45, 7) is 0.0190. The number of fused-ring (bicyclic) bond motifs is 1. The average Bonchev–Trinajstić information content (AvgIpc) is 2.55. The van der Waals surface area contributed by atoms with Gasteiger partial charge in [0.15, 0.2) is 5.58 Å². The van der Waals surface area contributed by atoms with E-state index >= 15 is 0 Å². The Hall–Kier alpha value is -2.08. The van der Waals surface area contributed by atoms with Gasteiger partial charge in [-0.2, -0.15) is 0 Å². The van der Waals surface area contributed by atoms with Gasteiger partial charge in [0.2, 0.25) is 5.91 Å². The molecule has 1 unspecified atom stereocenters. The second kappa shape index (κ2) is 3.82. The monoisotopic (exact) mass is 221 g/mol. The van der Waals surface area contributed by atoms with Gasteiger partial charge in [-0.3, -0.25) is 9.36 Å². The van der Waals surface area contributed by atoms with Crippen LogP contribution in [-0.4, -0.2) is 16.5 Å². The molecule has 6 heteroatoms. The molecule has 0 aliphatic heterocycles. The van der Waals surface area contributed by atoms with Crippen LogP contribution in [0.15, 0.2) is 33.5 Å². The predicted octanol–water partition coefficient (Wildman–Crippen LogP) is -0.593. The van der Waals surface area contributed by atoms with Crippen LogP contribution in [0.3, 0.4) is 0 Å². The van der Waals surface area contributed by atoms with E-state index in [4.69, 9.17) is 15.9 Å². The Labute approximate surface area is 90.4 Å². The van der Waals surface area contributed by atoms with Gasteiger partial charge in [-0.05, 0) is 12.1 Å². The van der Waals surface area contributed by atoms with Gasteiger partial charge >= 0.3 is 5.76 Å². The molecule has 4 N–H and O–H groups in total. The third kappa shape index (κ3) is 1.70. The van der Waals surface area contributed by atoms with Crippen molar-refractivity contribution in [2.75, 3.05) is 0 Å². The maximum absolute atomic E-state index is 11.5. The summed E-state index contributed by atoms with van der Waals surface area (Å²) in [7, 11) is 0. The number of carbonyl (C=O) groups is 1. The second-order valence-electron chi connectivity index (χ2n) is 3.46. The van der Waals surface area contributed by atoms with E-state index in [2.05, 4.69) is 0 Å². The fourth-order valence-corrected chi connectivity index (χ4v) is 1.47. The van der Waals surface area contributed by atoms with Gasteiger partial charge in [0.25, 0.3) is 0 Å². The van der Waals surface area contributed by atoms with Crippen molar-refractivity contribution in [3.05, 3.63) is 34.8 Å². The van der Waals surface area contributed by atoms with E-state index < -0.39 is 17.7 Å². The molecular weight excluding hydrogens is 210 g/mol. The number of hydrogen-bond donors (Lipinski definition) is 2. The van der Waals surface area contributed by atoms with Crippen LogP contribution in [0.5, 0.6) is 0 Å². The van der Waals surface area contributed by atoms with E-state index in [1.807, 2.05) is 0 Å². The Morgan fingerprint density at radius 2 is 2.12 bits per heavy atom. The molecule has 1 aromatic carbocycles. The highest BCUT2D eigenvalue weighted by atomic mass is 16.4. The first kappa shape index (κ1) is 10.4. The summed E-state index contributed by atoms with van der Waals surface area (Å²) in [5, 5.41) is 0. The van der Waals surface area contributed by atoms with E-state index in [1.165, 1.54) is 4.57 Å². The van der Waals surface area contributed by atoms with E-state index in [0.29, 0.717) is 11.1 Å². The van der Waals surface area contributed by atoms with Crippen molar-refractivity contribution < 1.29 is 9.21 Å². The number of carbonyl (C=O) groups excluding carboxylic acids is 1. The minimum atomic E-state index is -0.904. The topological polar surface area (TPSA) is 104 Å². The number of rotatable bonds is 3. The number of oxazole rings is 1. The van der Waals surface area contributed by atoms with Gasteiger partial charge < -0.3 is 15.9 Å². The van der Waals surface area contributed by atoms with Crippen molar-refractivity contribution in [3.63, 3.8) is 0 Å². The van der Waals surface area contributed by atoms with Crippen molar-refractivity contribution in [2.45, 2.75) is 12.6 Å². The molecule has 2 aromatic rings. The Morgan fingerprint density at radius 3 is 2.81 bits per heavy atom.